The molecule has 0 spiro atoms. The third kappa shape index (κ3) is 12.3. The lowest BCUT2D eigenvalue weighted by Crippen LogP contribution is -2.16. The number of rotatable bonds is 12. The zero-order valence-corrected chi connectivity index (χ0v) is 37.3. The molecule has 6 N–H and O–H groups in total. The Morgan fingerprint density at radius 2 is 0.885 bits per heavy atom. The second kappa shape index (κ2) is 20.0. The predicted octanol–water partition coefficient (Wildman–Crippen LogP) is 10.1. The number of anilines is 4. The topological polar surface area (TPSA) is 225 Å². The summed E-state index contributed by atoms with van der Waals surface area (Å²) >= 11 is 25.4. The molecule has 61 heavy (non-hydrogen) atoms. The summed E-state index contributed by atoms with van der Waals surface area (Å²) in [4.78, 5) is 47.4. The number of sulfonamides is 2. The molecule has 6 rings (SSSR count). The van der Waals surface area contributed by atoms with Crippen molar-refractivity contribution in [3.8, 4) is 0 Å². The minimum atomic E-state index is -3.93. The van der Waals surface area contributed by atoms with Crippen LogP contribution in [0.25, 0.3) is 0 Å². The minimum absolute atomic E-state index is 0.0507. The Morgan fingerprint density at radius 3 is 1.30 bits per heavy atom. The van der Waals surface area contributed by atoms with E-state index >= 15 is 0 Å². The fourth-order valence-corrected chi connectivity index (χ4v) is 8.27. The number of amides is 2. The van der Waals surface area contributed by atoms with Gasteiger partial charge in [0.25, 0.3) is 31.9 Å². The van der Waals surface area contributed by atoms with Crippen LogP contribution in [0.5, 0.6) is 0 Å². The quantitative estimate of drug-likeness (QED) is 0.0636. The lowest BCUT2D eigenvalue weighted by atomic mass is 10.1. The van der Waals surface area contributed by atoms with Crippen LogP contribution in [0.2, 0.25) is 20.1 Å². The molecule has 6 aromatic carbocycles. The normalized spacial score (nSPS) is 11.0. The zero-order valence-electron chi connectivity index (χ0n) is 30.5. The molecule has 0 bridgehead atoms. The number of carboxylic acid groups (broad SMARTS) is 2. The maximum Gasteiger partial charge on any atom is 0.337 e. The SMILES string of the molecule is O=C(Nc1ccc(I)cc1C(=O)O)c1ccc(S(=O)(=O)Nc2ccc(Cl)c(Cl)c2)cc1.O=C(Nc1ccccc1C(=O)O)c1ccc(S(=O)(=O)Nc2ccc(Cl)c(Cl)c2)cc1. The number of hydrogen-bond donors (Lipinski definition) is 6. The van der Waals surface area contributed by atoms with Crippen molar-refractivity contribution in [3.63, 3.8) is 0 Å². The molecule has 0 aliphatic heterocycles. The number of hydrogen-bond acceptors (Lipinski definition) is 8. The molecule has 0 heterocycles. The molecule has 0 fully saturated rings. The highest BCUT2D eigenvalue weighted by Gasteiger charge is 2.20. The van der Waals surface area contributed by atoms with Crippen molar-refractivity contribution in [2.45, 2.75) is 9.79 Å². The van der Waals surface area contributed by atoms with Crippen LogP contribution in [0.1, 0.15) is 41.4 Å². The van der Waals surface area contributed by atoms with Crippen LogP contribution in [0, 0.1) is 3.57 Å². The van der Waals surface area contributed by atoms with Crippen LogP contribution in [-0.2, 0) is 20.0 Å². The van der Waals surface area contributed by atoms with Crippen LogP contribution < -0.4 is 20.1 Å². The first-order chi connectivity index (χ1) is 28.7. The summed E-state index contributed by atoms with van der Waals surface area (Å²) in [5.41, 5.74) is 0.935. The summed E-state index contributed by atoms with van der Waals surface area (Å²) in [7, 11) is -7.85. The van der Waals surface area contributed by atoms with Gasteiger partial charge in [-0.3, -0.25) is 19.0 Å². The molecule has 14 nitrogen and oxygen atoms in total. The van der Waals surface area contributed by atoms with Crippen molar-refractivity contribution in [2.75, 3.05) is 20.1 Å². The average Bonchev–Trinajstić information content (AvgIpc) is 3.21. The van der Waals surface area contributed by atoms with Gasteiger partial charge in [0.15, 0.2) is 0 Å². The standard InChI is InChI=1S/C20H13Cl2IN2O5S.C20H14Cl2N2O5S/c21-16-7-4-13(10-17(16)22)25-31(29,30)14-5-1-11(2-6-14)19(26)24-18-8-3-12(23)9-15(18)20(27)28;21-16-10-7-13(11-17(16)22)24-30(28,29)14-8-5-12(6-9-14)19(25)23-18-4-2-1-3-15(18)20(26)27/h1-10,25H,(H,24,26)(H,27,28);1-11,24H,(H,23,25)(H,26,27). The van der Waals surface area contributed by atoms with Gasteiger partial charge in [-0.15, -0.1) is 0 Å². The number of nitrogens with one attached hydrogen (secondary N) is 4. The molecule has 314 valence electrons. The minimum Gasteiger partial charge on any atom is -0.478 e. The first-order valence-corrected chi connectivity index (χ1v) is 22.4. The molecule has 2 amide bonds. The lowest BCUT2D eigenvalue weighted by Gasteiger charge is -2.11. The molecule has 21 heteroatoms. The van der Waals surface area contributed by atoms with Crippen LogP contribution in [0.3, 0.4) is 0 Å². The summed E-state index contributed by atoms with van der Waals surface area (Å²) in [5.74, 6) is -3.51. The predicted molar refractivity (Wildman–Crippen MR) is 243 cm³/mol. The summed E-state index contributed by atoms with van der Waals surface area (Å²) < 4.78 is 55.7. The monoisotopic (exact) mass is 1050 g/mol. The number of carbonyl (C=O) groups excluding carboxylic acids is 2. The van der Waals surface area contributed by atoms with E-state index in [0.29, 0.717) is 13.6 Å². The first kappa shape index (κ1) is 46.7. The van der Waals surface area contributed by atoms with Crippen molar-refractivity contribution in [3.05, 3.63) is 173 Å². The van der Waals surface area contributed by atoms with E-state index in [1.165, 1.54) is 109 Å². The Hall–Kier alpha value is -5.41. The molecule has 0 aromatic heterocycles. The van der Waals surface area contributed by atoms with Gasteiger partial charge in [-0.2, -0.15) is 0 Å². The smallest absolute Gasteiger partial charge is 0.337 e. The molecule has 0 radical (unpaired) electrons. The largest absolute Gasteiger partial charge is 0.478 e. The molecule has 0 saturated heterocycles. The lowest BCUT2D eigenvalue weighted by molar-refractivity contribution is 0.0687. The molecular formula is C40H27Cl4IN4O10S2. The van der Waals surface area contributed by atoms with Crippen molar-refractivity contribution in [1.82, 2.24) is 0 Å². The highest BCUT2D eigenvalue weighted by Crippen LogP contribution is 2.28. The van der Waals surface area contributed by atoms with Gasteiger partial charge < -0.3 is 20.8 Å². The van der Waals surface area contributed by atoms with E-state index in [2.05, 4.69) is 20.1 Å². The van der Waals surface area contributed by atoms with E-state index in [4.69, 9.17) is 46.4 Å². The van der Waals surface area contributed by atoms with E-state index in [9.17, 15) is 46.2 Å². The molecule has 0 saturated carbocycles. The van der Waals surface area contributed by atoms with E-state index < -0.39 is 43.8 Å². The Kier molecular flexibility index (Phi) is 15.3. The molecule has 0 atom stereocenters. The van der Waals surface area contributed by atoms with Gasteiger partial charge in [-0.1, -0.05) is 58.5 Å². The number of para-hydroxylation sites is 1. The number of benzene rings is 6. The third-order valence-electron chi connectivity index (χ3n) is 8.06. The summed E-state index contributed by atoms with van der Waals surface area (Å²) in [6.07, 6.45) is 0. The molecule has 0 aliphatic carbocycles. The highest BCUT2D eigenvalue weighted by atomic mass is 127. The Labute approximate surface area is 382 Å². The second-order valence-corrected chi connectivity index (χ2v) is 18.5. The number of aromatic carboxylic acids is 2. The van der Waals surface area contributed by atoms with Crippen LogP contribution in [-0.4, -0.2) is 50.8 Å². The van der Waals surface area contributed by atoms with E-state index in [0.717, 1.165) is 0 Å². The van der Waals surface area contributed by atoms with Gasteiger partial charge in [0.2, 0.25) is 0 Å². The maximum absolute atomic E-state index is 12.6. The Balaban J connectivity index is 0.000000231. The number of halogens is 5. The van der Waals surface area contributed by atoms with E-state index in [1.807, 2.05) is 22.6 Å². The summed E-state index contributed by atoms with van der Waals surface area (Å²) in [5, 5.41) is 24.5. The summed E-state index contributed by atoms with van der Waals surface area (Å²) in [6, 6.07) is 29.5. The van der Waals surface area contributed by atoms with Crippen molar-refractivity contribution < 1.29 is 46.2 Å². The molecule has 0 unspecified atom stereocenters. The van der Waals surface area contributed by atoms with Gasteiger partial charge in [-0.05, 0) is 138 Å². The van der Waals surface area contributed by atoms with Crippen LogP contribution in [0.4, 0.5) is 22.7 Å². The van der Waals surface area contributed by atoms with Crippen LogP contribution >= 0.6 is 69.0 Å². The molecular weight excluding hydrogens is 1030 g/mol. The van der Waals surface area contributed by atoms with Gasteiger partial charge in [0, 0.05) is 14.7 Å². The van der Waals surface area contributed by atoms with Gasteiger partial charge in [-0.25, -0.2) is 26.4 Å². The fourth-order valence-electron chi connectivity index (χ4n) is 5.09. The van der Waals surface area contributed by atoms with Crippen molar-refractivity contribution in [2.24, 2.45) is 0 Å². The highest BCUT2D eigenvalue weighted by molar-refractivity contribution is 14.1. The van der Waals surface area contributed by atoms with Gasteiger partial charge in [0.05, 0.1) is 63.8 Å². The van der Waals surface area contributed by atoms with Crippen LogP contribution in [0.15, 0.2) is 137 Å². The number of carboxylic acids is 2. The van der Waals surface area contributed by atoms with Gasteiger partial charge in [0.1, 0.15) is 0 Å². The van der Waals surface area contributed by atoms with E-state index in [-0.39, 0.29) is 64.8 Å². The molecule has 6 aromatic rings. The third-order valence-corrected chi connectivity index (χ3v) is 13.0. The first-order valence-electron chi connectivity index (χ1n) is 16.9. The average molecular weight is 1060 g/mol. The molecule has 0 aliphatic rings. The Bertz CT molecular complexity index is 2910. The zero-order chi connectivity index (χ0) is 44.6. The van der Waals surface area contributed by atoms with Crippen molar-refractivity contribution >= 4 is 136 Å². The summed E-state index contributed by atoms with van der Waals surface area (Å²) in [6.45, 7) is 0. The Morgan fingerprint density at radius 1 is 0.475 bits per heavy atom. The second-order valence-electron chi connectivity index (χ2n) is 12.3. The van der Waals surface area contributed by atoms with Crippen molar-refractivity contribution in [1.29, 1.82) is 0 Å². The maximum atomic E-state index is 12.6. The van der Waals surface area contributed by atoms with E-state index in [1.54, 1.807) is 18.2 Å². The number of carbonyl (C=O) groups is 4. The van der Waals surface area contributed by atoms with Gasteiger partial charge >= 0.3 is 11.9 Å². The fraction of sp³-hybridized carbons (Fsp3) is 0.